The standard InChI is InChI=1S/C11H8F2N2O3/c1-5-2-3-6(12)7(4-5)15-10(17)8(13)9(16)14-11(15)18/h2-4,17H,1H3,(H,14,16,18). The van der Waals surface area contributed by atoms with Gasteiger partial charge < -0.3 is 5.11 Å². The fourth-order valence-corrected chi connectivity index (χ4v) is 1.52. The maximum absolute atomic E-state index is 13.6. The van der Waals surface area contributed by atoms with E-state index in [-0.39, 0.29) is 5.69 Å². The van der Waals surface area contributed by atoms with E-state index in [1.807, 2.05) is 0 Å². The Bertz CT molecular complexity index is 734. The molecule has 1 aromatic carbocycles. The van der Waals surface area contributed by atoms with E-state index in [0.29, 0.717) is 10.1 Å². The molecule has 0 atom stereocenters. The van der Waals surface area contributed by atoms with Gasteiger partial charge in [0.1, 0.15) is 5.82 Å². The number of nitrogens with zero attached hydrogens (tertiary/aromatic N) is 1. The molecule has 18 heavy (non-hydrogen) atoms. The van der Waals surface area contributed by atoms with Crippen molar-refractivity contribution in [1.82, 2.24) is 9.55 Å². The van der Waals surface area contributed by atoms with E-state index in [2.05, 4.69) is 0 Å². The number of hydrogen-bond donors (Lipinski definition) is 2. The van der Waals surface area contributed by atoms with Crippen LogP contribution in [0.5, 0.6) is 5.88 Å². The van der Waals surface area contributed by atoms with E-state index in [1.165, 1.54) is 12.1 Å². The lowest BCUT2D eigenvalue weighted by Gasteiger charge is -2.09. The number of rotatable bonds is 1. The van der Waals surface area contributed by atoms with Crippen LogP contribution in [0.15, 0.2) is 27.8 Å². The van der Waals surface area contributed by atoms with Crippen molar-refractivity contribution in [1.29, 1.82) is 0 Å². The Labute approximate surface area is 99.0 Å². The maximum atomic E-state index is 13.6. The third-order valence-electron chi connectivity index (χ3n) is 2.37. The quantitative estimate of drug-likeness (QED) is 0.791. The zero-order valence-corrected chi connectivity index (χ0v) is 9.20. The highest BCUT2D eigenvalue weighted by Gasteiger charge is 2.17. The molecule has 0 spiro atoms. The number of nitrogens with one attached hydrogen (secondary N) is 1. The van der Waals surface area contributed by atoms with Gasteiger partial charge in [0.15, 0.2) is 0 Å². The lowest BCUT2D eigenvalue weighted by Crippen LogP contribution is -2.31. The summed E-state index contributed by atoms with van der Waals surface area (Å²) < 4.78 is 27.1. The second-order valence-corrected chi connectivity index (χ2v) is 3.69. The molecule has 1 aromatic heterocycles. The van der Waals surface area contributed by atoms with Crippen molar-refractivity contribution in [3.8, 4) is 11.6 Å². The Morgan fingerprint density at radius 3 is 2.61 bits per heavy atom. The van der Waals surface area contributed by atoms with Gasteiger partial charge in [-0.3, -0.25) is 9.78 Å². The molecule has 0 aliphatic heterocycles. The first-order chi connectivity index (χ1) is 8.41. The van der Waals surface area contributed by atoms with Gasteiger partial charge in [-0.1, -0.05) is 6.07 Å². The molecule has 0 saturated heterocycles. The number of halogens is 2. The minimum absolute atomic E-state index is 0.340. The van der Waals surface area contributed by atoms with Crippen LogP contribution in [-0.4, -0.2) is 14.7 Å². The summed E-state index contributed by atoms with van der Waals surface area (Å²) >= 11 is 0. The van der Waals surface area contributed by atoms with Crippen LogP contribution in [0.4, 0.5) is 8.78 Å². The molecule has 5 nitrogen and oxygen atoms in total. The Morgan fingerprint density at radius 1 is 1.28 bits per heavy atom. The molecule has 2 aromatic rings. The molecule has 2 rings (SSSR count). The molecule has 2 N–H and O–H groups in total. The van der Waals surface area contributed by atoms with Gasteiger partial charge >= 0.3 is 5.69 Å². The average molecular weight is 254 g/mol. The van der Waals surface area contributed by atoms with Crippen LogP contribution < -0.4 is 11.2 Å². The summed E-state index contributed by atoms with van der Waals surface area (Å²) in [4.78, 5) is 24.0. The van der Waals surface area contributed by atoms with Crippen molar-refractivity contribution < 1.29 is 13.9 Å². The first-order valence-electron chi connectivity index (χ1n) is 4.92. The van der Waals surface area contributed by atoms with Crippen LogP contribution in [0.25, 0.3) is 5.69 Å². The molecule has 0 aliphatic rings. The number of H-pyrrole nitrogens is 1. The van der Waals surface area contributed by atoms with Crippen LogP contribution in [0.2, 0.25) is 0 Å². The van der Waals surface area contributed by atoms with Gasteiger partial charge in [-0.2, -0.15) is 4.39 Å². The Hall–Kier alpha value is -2.44. The molecule has 0 bridgehead atoms. The van der Waals surface area contributed by atoms with Crippen LogP contribution >= 0.6 is 0 Å². The third-order valence-corrected chi connectivity index (χ3v) is 2.37. The Kier molecular flexibility index (Phi) is 2.74. The van der Waals surface area contributed by atoms with Gasteiger partial charge in [-0.25, -0.2) is 13.8 Å². The fourth-order valence-electron chi connectivity index (χ4n) is 1.52. The number of hydrogen-bond acceptors (Lipinski definition) is 3. The minimum Gasteiger partial charge on any atom is -0.492 e. The average Bonchev–Trinajstić information content (AvgIpc) is 2.31. The van der Waals surface area contributed by atoms with Gasteiger partial charge in [0, 0.05) is 0 Å². The molecular formula is C11H8F2N2O3. The number of aromatic nitrogens is 2. The molecular weight excluding hydrogens is 246 g/mol. The van der Waals surface area contributed by atoms with Crippen molar-refractivity contribution >= 4 is 0 Å². The van der Waals surface area contributed by atoms with Crippen LogP contribution in [0.3, 0.4) is 0 Å². The van der Waals surface area contributed by atoms with Gasteiger partial charge in [0.25, 0.3) is 5.56 Å². The smallest absolute Gasteiger partial charge is 0.336 e. The van der Waals surface area contributed by atoms with Crippen molar-refractivity contribution in [2.75, 3.05) is 0 Å². The van der Waals surface area contributed by atoms with Crippen molar-refractivity contribution in [3.63, 3.8) is 0 Å². The predicted octanol–water partition coefficient (Wildman–Crippen LogP) is 0.818. The first-order valence-corrected chi connectivity index (χ1v) is 4.92. The summed E-state index contributed by atoms with van der Waals surface area (Å²) in [5.74, 6) is -3.60. The summed E-state index contributed by atoms with van der Waals surface area (Å²) in [5, 5.41) is 9.43. The van der Waals surface area contributed by atoms with Gasteiger partial charge in [0.05, 0.1) is 5.69 Å². The normalized spacial score (nSPS) is 10.6. The minimum atomic E-state index is -1.55. The summed E-state index contributed by atoms with van der Waals surface area (Å²) in [7, 11) is 0. The zero-order valence-electron chi connectivity index (χ0n) is 9.20. The molecule has 94 valence electrons. The van der Waals surface area contributed by atoms with E-state index < -0.39 is 28.8 Å². The van der Waals surface area contributed by atoms with Crippen LogP contribution in [-0.2, 0) is 0 Å². The summed E-state index contributed by atoms with van der Waals surface area (Å²) in [5.41, 5.74) is -2.22. The van der Waals surface area contributed by atoms with E-state index in [1.54, 1.807) is 11.9 Å². The molecule has 0 saturated carbocycles. The summed E-state index contributed by atoms with van der Waals surface area (Å²) in [6.07, 6.45) is 0. The monoisotopic (exact) mass is 254 g/mol. The number of aryl methyl sites for hydroxylation is 1. The largest absolute Gasteiger partial charge is 0.492 e. The highest BCUT2D eigenvalue weighted by Crippen LogP contribution is 2.19. The summed E-state index contributed by atoms with van der Waals surface area (Å²) in [6.45, 7) is 1.63. The number of aromatic amines is 1. The molecule has 0 aliphatic carbocycles. The van der Waals surface area contributed by atoms with Gasteiger partial charge in [0.2, 0.25) is 11.7 Å². The lowest BCUT2D eigenvalue weighted by atomic mass is 10.2. The number of benzene rings is 1. The van der Waals surface area contributed by atoms with E-state index >= 15 is 0 Å². The highest BCUT2D eigenvalue weighted by atomic mass is 19.1. The first kappa shape index (κ1) is 12.0. The van der Waals surface area contributed by atoms with Crippen LogP contribution in [0, 0.1) is 18.6 Å². The summed E-state index contributed by atoms with van der Waals surface area (Å²) in [6, 6.07) is 3.76. The fraction of sp³-hybridized carbons (Fsp3) is 0.0909. The molecule has 7 heteroatoms. The maximum Gasteiger partial charge on any atom is 0.336 e. The number of aromatic hydroxyl groups is 1. The van der Waals surface area contributed by atoms with Crippen molar-refractivity contribution in [2.45, 2.75) is 6.92 Å². The molecule has 0 fully saturated rings. The van der Waals surface area contributed by atoms with Gasteiger partial charge in [-0.05, 0) is 24.6 Å². The lowest BCUT2D eigenvalue weighted by molar-refractivity contribution is 0.384. The Balaban J connectivity index is 2.88. The molecule has 0 amide bonds. The topological polar surface area (TPSA) is 75.1 Å². The SMILES string of the molecule is Cc1ccc(F)c(-n2c(O)c(F)c(=O)[nH]c2=O)c1. The van der Waals surface area contributed by atoms with E-state index in [0.717, 1.165) is 6.07 Å². The molecule has 1 heterocycles. The van der Waals surface area contributed by atoms with Crippen molar-refractivity contribution in [3.05, 3.63) is 56.2 Å². The Morgan fingerprint density at radius 2 is 1.94 bits per heavy atom. The predicted molar refractivity (Wildman–Crippen MR) is 59.0 cm³/mol. The third kappa shape index (κ3) is 1.79. The second kappa shape index (κ2) is 4.10. The second-order valence-electron chi connectivity index (χ2n) is 3.69. The van der Waals surface area contributed by atoms with Crippen molar-refractivity contribution in [2.24, 2.45) is 0 Å². The molecule has 0 unspecified atom stereocenters. The zero-order chi connectivity index (χ0) is 13.4. The highest BCUT2D eigenvalue weighted by molar-refractivity contribution is 5.39. The molecule has 0 radical (unpaired) electrons. The van der Waals surface area contributed by atoms with Crippen LogP contribution in [0.1, 0.15) is 5.56 Å². The van der Waals surface area contributed by atoms with E-state index in [9.17, 15) is 23.5 Å². The van der Waals surface area contributed by atoms with E-state index in [4.69, 9.17) is 0 Å². The van der Waals surface area contributed by atoms with Gasteiger partial charge in [-0.15, -0.1) is 0 Å².